The summed E-state index contributed by atoms with van der Waals surface area (Å²) < 4.78 is 37.7. The molecule has 168 valence electrons. The molecule has 1 N–H and O–H groups in total. The third-order valence-electron chi connectivity index (χ3n) is 4.60. The quantitative estimate of drug-likeness (QED) is 0.209. The lowest BCUT2D eigenvalue weighted by Crippen LogP contribution is -2.12. The summed E-state index contributed by atoms with van der Waals surface area (Å²) in [6, 6.07) is 10.1. The van der Waals surface area contributed by atoms with Gasteiger partial charge in [-0.2, -0.15) is 0 Å². The van der Waals surface area contributed by atoms with Crippen LogP contribution in [0.15, 0.2) is 52.9 Å². The molecule has 8 nitrogen and oxygen atoms in total. The van der Waals surface area contributed by atoms with Crippen LogP contribution >= 0.6 is 11.6 Å². The van der Waals surface area contributed by atoms with Gasteiger partial charge in [0.15, 0.2) is 23.0 Å². The molecule has 0 fully saturated rings. The lowest BCUT2D eigenvalue weighted by molar-refractivity contribution is -0.385. The van der Waals surface area contributed by atoms with Crippen LogP contribution in [0.3, 0.4) is 0 Å². The number of hydrogen-bond acceptors (Lipinski definition) is 6. The summed E-state index contributed by atoms with van der Waals surface area (Å²) in [7, 11) is 0. The van der Waals surface area contributed by atoms with Gasteiger partial charge in [0, 0.05) is 17.3 Å². The first-order valence-electron chi connectivity index (χ1n) is 9.55. The summed E-state index contributed by atoms with van der Waals surface area (Å²) in [6.07, 6.45) is 0. The number of anilines is 1. The summed E-state index contributed by atoms with van der Waals surface area (Å²) in [5.41, 5.74) is 0.769. The number of nitrogens with one attached hydrogen (secondary N) is 1. The minimum atomic E-state index is -1.10. The second-order valence-electron chi connectivity index (χ2n) is 6.77. The molecule has 3 aromatic carbocycles. The molecule has 4 aromatic rings. The van der Waals surface area contributed by atoms with E-state index >= 15 is 0 Å². The predicted molar refractivity (Wildman–Crippen MR) is 117 cm³/mol. The Bertz CT molecular complexity index is 1410. The van der Waals surface area contributed by atoms with Gasteiger partial charge in [0.1, 0.15) is 5.52 Å². The molecule has 0 spiro atoms. The van der Waals surface area contributed by atoms with Crippen molar-refractivity contribution in [3.05, 3.63) is 80.9 Å². The van der Waals surface area contributed by atoms with Crippen molar-refractivity contribution in [2.75, 3.05) is 11.9 Å². The molecule has 0 atom stereocenters. The zero-order valence-electron chi connectivity index (χ0n) is 16.9. The summed E-state index contributed by atoms with van der Waals surface area (Å²) >= 11 is 5.98. The molecule has 0 radical (unpaired) electrons. The van der Waals surface area contributed by atoms with E-state index in [1.54, 1.807) is 6.92 Å². The van der Waals surface area contributed by atoms with E-state index in [1.165, 1.54) is 30.3 Å². The summed E-state index contributed by atoms with van der Waals surface area (Å²) in [5, 5.41) is 13.8. The maximum absolute atomic E-state index is 13.6. The van der Waals surface area contributed by atoms with Gasteiger partial charge in [0.25, 0.3) is 5.91 Å². The molecule has 1 aromatic heterocycles. The van der Waals surface area contributed by atoms with E-state index in [0.717, 1.165) is 18.2 Å². The highest BCUT2D eigenvalue weighted by Crippen LogP contribution is 2.33. The van der Waals surface area contributed by atoms with E-state index in [9.17, 15) is 23.7 Å². The Morgan fingerprint density at radius 3 is 2.67 bits per heavy atom. The Morgan fingerprint density at radius 2 is 1.94 bits per heavy atom. The van der Waals surface area contributed by atoms with Gasteiger partial charge in [-0.3, -0.25) is 14.9 Å². The van der Waals surface area contributed by atoms with Crippen LogP contribution in [0, 0.1) is 21.7 Å². The lowest BCUT2D eigenvalue weighted by atomic mass is 10.1. The highest BCUT2D eigenvalue weighted by atomic mass is 35.5. The van der Waals surface area contributed by atoms with Gasteiger partial charge in [0.2, 0.25) is 5.89 Å². The largest absolute Gasteiger partial charge is 0.487 e. The third kappa shape index (κ3) is 4.46. The molecular formula is C22H14ClF2N3O5. The molecule has 4 rings (SSSR count). The number of rotatable bonds is 6. The zero-order valence-corrected chi connectivity index (χ0v) is 17.7. The monoisotopic (exact) mass is 473 g/mol. The summed E-state index contributed by atoms with van der Waals surface area (Å²) in [6.45, 7) is 1.93. The topological polar surface area (TPSA) is 108 Å². The molecule has 0 aliphatic rings. The van der Waals surface area contributed by atoms with Gasteiger partial charge in [-0.15, -0.1) is 0 Å². The normalized spacial score (nSPS) is 10.9. The number of aromatic nitrogens is 1. The van der Waals surface area contributed by atoms with Crippen molar-refractivity contribution >= 4 is 40.0 Å². The Kier molecular flexibility index (Phi) is 5.93. The van der Waals surface area contributed by atoms with Gasteiger partial charge in [-0.25, -0.2) is 13.8 Å². The van der Waals surface area contributed by atoms with Gasteiger partial charge >= 0.3 is 5.69 Å². The zero-order chi connectivity index (χ0) is 23.7. The van der Waals surface area contributed by atoms with Crippen LogP contribution in [-0.2, 0) is 0 Å². The molecule has 0 saturated heterocycles. The molecule has 0 saturated carbocycles. The van der Waals surface area contributed by atoms with Crippen molar-refractivity contribution < 1.29 is 27.7 Å². The average Bonchev–Trinajstić information content (AvgIpc) is 3.19. The molecular weight excluding hydrogens is 460 g/mol. The van der Waals surface area contributed by atoms with E-state index in [2.05, 4.69) is 10.3 Å². The van der Waals surface area contributed by atoms with E-state index in [-0.39, 0.29) is 40.1 Å². The van der Waals surface area contributed by atoms with Crippen LogP contribution in [0.4, 0.5) is 20.2 Å². The Balaban J connectivity index is 1.61. The molecule has 1 heterocycles. The van der Waals surface area contributed by atoms with Gasteiger partial charge in [0.05, 0.1) is 22.1 Å². The van der Waals surface area contributed by atoms with Crippen LogP contribution in [0.2, 0.25) is 5.02 Å². The first kappa shape index (κ1) is 22.2. The maximum Gasteiger partial charge on any atom is 0.311 e. The number of nitro benzene ring substituents is 1. The average molecular weight is 474 g/mol. The molecule has 0 unspecified atom stereocenters. The van der Waals surface area contributed by atoms with Crippen molar-refractivity contribution in [2.45, 2.75) is 6.92 Å². The van der Waals surface area contributed by atoms with Crippen LogP contribution in [0.5, 0.6) is 5.75 Å². The number of benzene rings is 3. The Hall–Kier alpha value is -4.05. The maximum atomic E-state index is 13.6. The number of ether oxygens (including phenoxy) is 1. The number of carbonyl (C=O) groups is 1. The standard InChI is InChI=1S/C22H14ClF2N3O5/c1-2-32-20-5-3-11(7-18(20)28(30)31)21(29)26-12-4-6-19-17(8-12)27-22(33-19)13-9-15(24)16(25)10-14(13)23/h3-10H,2H2,1H3,(H,26,29). The van der Waals surface area contributed by atoms with Crippen molar-refractivity contribution in [1.29, 1.82) is 0 Å². The van der Waals surface area contributed by atoms with Gasteiger partial charge < -0.3 is 14.5 Å². The third-order valence-corrected chi connectivity index (χ3v) is 4.92. The van der Waals surface area contributed by atoms with Crippen molar-refractivity contribution in [2.24, 2.45) is 0 Å². The molecule has 33 heavy (non-hydrogen) atoms. The lowest BCUT2D eigenvalue weighted by Gasteiger charge is -2.07. The number of oxazole rings is 1. The number of carbonyl (C=O) groups excluding carboxylic acids is 1. The van der Waals surface area contributed by atoms with Gasteiger partial charge in [-0.1, -0.05) is 11.6 Å². The Labute approximate surface area is 189 Å². The number of fused-ring (bicyclic) bond motifs is 1. The number of nitro groups is 1. The molecule has 0 bridgehead atoms. The Morgan fingerprint density at radius 1 is 1.18 bits per heavy atom. The number of halogens is 3. The second-order valence-corrected chi connectivity index (χ2v) is 7.18. The minimum absolute atomic E-state index is 0.0282. The molecule has 1 amide bonds. The number of hydrogen-bond donors (Lipinski definition) is 1. The van der Waals surface area contributed by atoms with Crippen LogP contribution < -0.4 is 10.1 Å². The SMILES string of the molecule is CCOc1ccc(C(=O)Nc2ccc3oc(-c4cc(F)c(F)cc4Cl)nc3c2)cc1[N+](=O)[O-]. The van der Waals surface area contributed by atoms with Crippen LogP contribution in [0.1, 0.15) is 17.3 Å². The molecule has 11 heteroatoms. The van der Waals surface area contributed by atoms with E-state index in [0.29, 0.717) is 16.8 Å². The summed E-state index contributed by atoms with van der Waals surface area (Å²) in [5.74, 6) is -2.76. The molecule has 0 aliphatic heterocycles. The highest BCUT2D eigenvalue weighted by Gasteiger charge is 2.20. The summed E-state index contributed by atoms with van der Waals surface area (Å²) in [4.78, 5) is 27.5. The van der Waals surface area contributed by atoms with Crippen molar-refractivity contribution in [3.63, 3.8) is 0 Å². The molecule has 0 aliphatic carbocycles. The highest BCUT2D eigenvalue weighted by molar-refractivity contribution is 6.33. The number of nitrogens with zero attached hydrogens (tertiary/aromatic N) is 2. The van der Waals surface area contributed by atoms with E-state index in [1.807, 2.05) is 0 Å². The van der Waals surface area contributed by atoms with E-state index < -0.39 is 22.5 Å². The fourth-order valence-electron chi connectivity index (χ4n) is 3.09. The fourth-order valence-corrected chi connectivity index (χ4v) is 3.32. The first-order chi connectivity index (χ1) is 15.8. The van der Waals surface area contributed by atoms with Crippen molar-refractivity contribution in [1.82, 2.24) is 4.98 Å². The second kappa shape index (κ2) is 8.83. The first-order valence-corrected chi connectivity index (χ1v) is 9.92. The van der Waals surface area contributed by atoms with Crippen molar-refractivity contribution in [3.8, 4) is 17.2 Å². The number of amides is 1. The smallest absolute Gasteiger partial charge is 0.311 e. The van der Waals surface area contributed by atoms with Gasteiger partial charge in [-0.05, 0) is 49.4 Å². The fraction of sp³-hybridized carbons (Fsp3) is 0.0909. The minimum Gasteiger partial charge on any atom is -0.487 e. The van der Waals surface area contributed by atoms with E-state index in [4.69, 9.17) is 20.8 Å². The van der Waals surface area contributed by atoms with Crippen LogP contribution in [0.25, 0.3) is 22.6 Å². The predicted octanol–water partition coefficient (Wildman–Crippen LogP) is 5.99. The van der Waals surface area contributed by atoms with Crippen LogP contribution in [-0.4, -0.2) is 22.4 Å².